The number of pyridine rings is 1. The molecule has 1 N–H and O–H groups in total. The molecule has 0 radical (unpaired) electrons. The second-order valence-corrected chi connectivity index (χ2v) is 7.34. The summed E-state index contributed by atoms with van der Waals surface area (Å²) in [7, 11) is 0. The Hall–Kier alpha value is -2.76. The van der Waals surface area contributed by atoms with Crippen LogP contribution in [0.15, 0.2) is 42.7 Å². The fourth-order valence-corrected chi connectivity index (χ4v) is 4.00. The van der Waals surface area contributed by atoms with Gasteiger partial charge in [-0.2, -0.15) is 0 Å². The van der Waals surface area contributed by atoms with Crippen LogP contribution in [0, 0.1) is 11.7 Å². The molecule has 1 aliphatic carbocycles. The zero-order valence-electron chi connectivity index (χ0n) is 15.0. The molecule has 0 spiro atoms. The minimum atomic E-state index is -0.513. The number of carbonyl (C=O) groups excluding carboxylic acids is 2. The van der Waals surface area contributed by atoms with Crippen LogP contribution in [0.5, 0.6) is 0 Å². The van der Waals surface area contributed by atoms with Gasteiger partial charge in [0.15, 0.2) is 0 Å². The standard InChI is InChI=1S/C21H22FN3O2/c22-18-11-17(12-23-13-18)21(27)25-7-5-19(6-8-25)24-20(26)16-9-14-3-1-2-4-15(14)10-16/h1-4,11-13,16,19H,5-10H2,(H,24,26). The van der Waals surface area contributed by atoms with Crippen LogP contribution in [-0.4, -0.2) is 40.8 Å². The summed E-state index contributed by atoms with van der Waals surface area (Å²) in [6.07, 6.45) is 5.48. The molecule has 1 aromatic carbocycles. The fourth-order valence-electron chi connectivity index (χ4n) is 4.00. The summed E-state index contributed by atoms with van der Waals surface area (Å²) in [5.41, 5.74) is 2.80. The minimum absolute atomic E-state index is 0.000398. The molecule has 0 atom stereocenters. The van der Waals surface area contributed by atoms with Crippen molar-refractivity contribution in [3.8, 4) is 0 Å². The van der Waals surface area contributed by atoms with E-state index in [0.29, 0.717) is 25.9 Å². The summed E-state index contributed by atoms with van der Waals surface area (Å²) < 4.78 is 13.3. The third-order valence-corrected chi connectivity index (χ3v) is 5.50. The number of benzene rings is 1. The molecule has 6 heteroatoms. The maximum atomic E-state index is 13.3. The average molecular weight is 367 g/mol. The third kappa shape index (κ3) is 3.84. The summed E-state index contributed by atoms with van der Waals surface area (Å²) in [4.78, 5) is 30.5. The van der Waals surface area contributed by atoms with Gasteiger partial charge in [0.25, 0.3) is 5.91 Å². The van der Waals surface area contributed by atoms with Crippen molar-refractivity contribution in [2.45, 2.75) is 31.7 Å². The Balaban J connectivity index is 1.29. The zero-order valence-corrected chi connectivity index (χ0v) is 15.0. The molecule has 1 fully saturated rings. The number of nitrogens with one attached hydrogen (secondary N) is 1. The molecule has 0 bridgehead atoms. The van der Waals surface area contributed by atoms with Crippen molar-refractivity contribution in [2.24, 2.45) is 5.92 Å². The van der Waals surface area contributed by atoms with E-state index in [4.69, 9.17) is 0 Å². The highest BCUT2D eigenvalue weighted by Gasteiger charge is 2.30. The van der Waals surface area contributed by atoms with Gasteiger partial charge in [-0.25, -0.2) is 4.39 Å². The molecular formula is C21H22FN3O2. The van der Waals surface area contributed by atoms with Crippen LogP contribution in [0.1, 0.15) is 34.3 Å². The van der Waals surface area contributed by atoms with Gasteiger partial charge in [0.1, 0.15) is 5.82 Å². The Morgan fingerprint density at radius 3 is 2.37 bits per heavy atom. The number of nitrogens with zero attached hydrogens (tertiary/aromatic N) is 2. The molecule has 1 aromatic heterocycles. The van der Waals surface area contributed by atoms with E-state index in [1.807, 2.05) is 12.1 Å². The number of piperidine rings is 1. The van der Waals surface area contributed by atoms with Crippen molar-refractivity contribution in [1.82, 2.24) is 15.2 Å². The Morgan fingerprint density at radius 1 is 1.07 bits per heavy atom. The van der Waals surface area contributed by atoms with Crippen LogP contribution < -0.4 is 5.32 Å². The molecule has 2 heterocycles. The molecule has 4 rings (SSSR count). The first-order valence-electron chi connectivity index (χ1n) is 9.37. The molecule has 5 nitrogen and oxygen atoms in total. The highest BCUT2D eigenvalue weighted by atomic mass is 19.1. The van der Waals surface area contributed by atoms with E-state index in [2.05, 4.69) is 22.4 Å². The van der Waals surface area contributed by atoms with Crippen molar-refractivity contribution in [2.75, 3.05) is 13.1 Å². The van der Waals surface area contributed by atoms with E-state index in [1.54, 1.807) is 4.90 Å². The predicted molar refractivity (Wildman–Crippen MR) is 98.6 cm³/mol. The van der Waals surface area contributed by atoms with Crippen LogP contribution in [0.3, 0.4) is 0 Å². The number of likely N-dealkylation sites (tertiary alicyclic amines) is 1. The SMILES string of the molecule is O=C(NC1CCN(C(=O)c2cncc(F)c2)CC1)C1Cc2ccccc2C1. The van der Waals surface area contributed by atoms with Crippen molar-refractivity contribution in [1.29, 1.82) is 0 Å². The van der Waals surface area contributed by atoms with Crippen molar-refractivity contribution in [3.63, 3.8) is 0 Å². The van der Waals surface area contributed by atoms with Crippen LogP contribution in [0.25, 0.3) is 0 Å². The first-order chi connectivity index (χ1) is 13.1. The first-order valence-corrected chi connectivity index (χ1v) is 9.37. The summed E-state index contributed by atoms with van der Waals surface area (Å²) in [5.74, 6) is -0.621. The van der Waals surface area contributed by atoms with Gasteiger partial charge in [0.2, 0.25) is 5.91 Å². The van der Waals surface area contributed by atoms with Crippen molar-refractivity contribution < 1.29 is 14.0 Å². The molecule has 1 aliphatic heterocycles. The highest BCUT2D eigenvalue weighted by Crippen LogP contribution is 2.27. The molecule has 140 valence electrons. The predicted octanol–water partition coefficient (Wildman–Crippen LogP) is 2.36. The number of halogens is 1. The quantitative estimate of drug-likeness (QED) is 0.906. The lowest BCUT2D eigenvalue weighted by molar-refractivity contribution is -0.125. The van der Waals surface area contributed by atoms with E-state index in [9.17, 15) is 14.0 Å². The van der Waals surface area contributed by atoms with E-state index in [-0.39, 0.29) is 29.3 Å². The average Bonchev–Trinajstić information content (AvgIpc) is 3.12. The van der Waals surface area contributed by atoms with Gasteiger partial charge in [-0.05, 0) is 42.9 Å². The van der Waals surface area contributed by atoms with Crippen LogP contribution in [0.2, 0.25) is 0 Å². The molecule has 1 saturated heterocycles. The van der Waals surface area contributed by atoms with Gasteiger partial charge in [-0.1, -0.05) is 24.3 Å². The van der Waals surface area contributed by atoms with Gasteiger partial charge < -0.3 is 10.2 Å². The van der Waals surface area contributed by atoms with Gasteiger partial charge in [0, 0.05) is 31.2 Å². The summed E-state index contributed by atoms with van der Waals surface area (Å²) >= 11 is 0. The molecule has 0 unspecified atom stereocenters. The second-order valence-electron chi connectivity index (χ2n) is 7.34. The van der Waals surface area contributed by atoms with Gasteiger partial charge in [-0.3, -0.25) is 14.6 Å². The monoisotopic (exact) mass is 367 g/mol. The topological polar surface area (TPSA) is 62.3 Å². The van der Waals surface area contributed by atoms with E-state index >= 15 is 0 Å². The second kappa shape index (κ2) is 7.47. The highest BCUT2D eigenvalue weighted by molar-refractivity contribution is 5.94. The number of hydrogen-bond donors (Lipinski definition) is 1. The maximum Gasteiger partial charge on any atom is 0.255 e. The van der Waals surface area contributed by atoms with Crippen molar-refractivity contribution in [3.05, 3.63) is 65.2 Å². The van der Waals surface area contributed by atoms with Crippen LogP contribution in [-0.2, 0) is 17.6 Å². The summed E-state index contributed by atoms with van der Waals surface area (Å²) in [5, 5.41) is 3.15. The summed E-state index contributed by atoms with van der Waals surface area (Å²) in [6, 6.07) is 9.50. The third-order valence-electron chi connectivity index (χ3n) is 5.50. The summed E-state index contributed by atoms with van der Waals surface area (Å²) in [6.45, 7) is 1.09. The Bertz CT molecular complexity index is 837. The molecule has 2 aliphatic rings. The van der Waals surface area contributed by atoms with Crippen molar-refractivity contribution >= 4 is 11.8 Å². The zero-order chi connectivity index (χ0) is 18.8. The fraction of sp³-hybridized carbons (Fsp3) is 0.381. The molecule has 0 saturated carbocycles. The van der Waals surface area contributed by atoms with E-state index < -0.39 is 5.82 Å². The lowest BCUT2D eigenvalue weighted by Crippen LogP contribution is -2.48. The Kier molecular flexibility index (Phi) is 4.88. The lowest BCUT2D eigenvalue weighted by atomic mass is 10.0. The minimum Gasteiger partial charge on any atom is -0.353 e. The number of fused-ring (bicyclic) bond motifs is 1. The smallest absolute Gasteiger partial charge is 0.255 e. The first kappa shape index (κ1) is 17.6. The molecule has 2 amide bonds. The number of amides is 2. The number of carbonyl (C=O) groups is 2. The lowest BCUT2D eigenvalue weighted by Gasteiger charge is -2.33. The van der Waals surface area contributed by atoms with Gasteiger partial charge in [-0.15, -0.1) is 0 Å². The number of rotatable bonds is 3. The van der Waals surface area contributed by atoms with Gasteiger partial charge in [0.05, 0.1) is 11.8 Å². The van der Waals surface area contributed by atoms with Crippen LogP contribution in [0.4, 0.5) is 4.39 Å². The Morgan fingerprint density at radius 2 is 1.74 bits per heavy atom. The van der Waals surface area contributed by atoms with Gasteiger partial charge >= 0.3 is 0 Å². The van der Waals surface area contributed by atoms with Crippen LogP contribution >= 0.6 is 0 Å². The number of aromatic nitrogens is 1. The molecule has 27 heavy (non-hydrogen) atoms. The van der Waals surface area contributed by atoms with E-state index in [1.165, 1.54) is 23.4 Å². The number of hydrogen-bond acceptors (Lipinski definition) is 3. The largest absolute Gasteiger partial charge is 0.353 e. The Labute approximate surface area is 157 Å². The van der Waals surface area contributed by atoms with E-state index in [0.717, 1.165) is 19.0 Å². The maximum absolute atomic E-state index is 13.3. The molecular weight excluding hydrogens is 345 g/mol. The normalized spacial score (nSPS) is 17.6. The molecule has 2 aromatic rings.